The molecule has 0 saturated heterocycles. The summed E-state index contributed by atoms with van der Waals surface area (Å²) in [5, 5.41) is 0. The fraction of sp³-hybridized carbons (Fsp3) is 0. The molecule has 0 heterocycles. The first-order valence-corrected chi connectivity index (χ1v) is 4.00. The minimum atomic E-state index is 0. The normalized spacial score (nSPS) is 8.60. The fourth-order valence-corrected chi connectivity index (χ4v) is 1.51. The summed E-state index contributed by atoms with van der Waals surface area (Å²) in [5.41, 5.74) is 6.34. The van der Waals surface area contributed by atoms with Crippen molar-refractivity contribution in [3.8, 4) is 0 Å². The summed E-state index contributed by atoms with van der Waals surface area (Å²) in [4.78, 5) is 0. The van der Waals surface area contributed by atoms with Gasteiger partial charge in [0, 0.05) is 8.95 Å². The lowest BCUT2D eigenvalue weighted by molar-refractivity contribution is 1.59. The quantitative estimate of drug-likeness (QED) is 0.731. The highest BCUT2D eigenvalue weighted by atomic mass is 79.9. The van der Waals surface area contributed by atoms with Crippen LogP contribution in [0.1, 0.15) is 0 Å². The molecule has 0 spiro atoms. The van der Waals surface area contributed by atoms with Crippen molar-refractivity contribution in [1.82, 2.24) is 0 Å². The van der Waals surface area contributed by atoms with E-state index < -0.39 is 0 Å². The van der Waals surface area contributed by atoms with E-state index in [1.165, 1.54) is 0 Å². The number of anilines is 1. The van der Waals surface area contributed by atoms with Crippen LogP contribution in [-0.4, -0.2) is 0 Å². The van der Waals surface area contributed by atoms with Crippen LogP contribution in [0.3, 0.4) is 0 Å². The van der Waals surface area contributed by atoms with Crippen molar-refractivity contribution in [3.63, 3.8) is 0 Å². The number of halogens is 3. The van der Waals surface area contributed by atoms with Crippen LogP contribution in [0.15, 0.2) is 27.1 Å². The molecule has 1 rings (SSSR count). The van der Waals surface area contributed by atoms with Crippen molar-refractivity contribution in [2.24, 2.45) is 0 Å². The third-order valence-corrected chi connectivity index (χ3v) is 2.38. The predicted molar refractivity (Wildman–Crippen MR) is 53.5 cm³/mol. The molecule has 4 heteroatoms. The minimum absolute atomic E-state index is 0. The molecule has 1 aromatic carbocycles. The van der Waals surface area contributed by atoms with E-state index in [1.807, 2.05) is 18.2 Å². The Balaban J connectivity index is 0.000000810. The highest BCUT2D eigenvalue weighted by Crippen LogP contribution is 2.26. The van der Waals surface area contributed by atoms with Gasteiger partial charge in [-0.15, -0.1) is 12.4 Å². The Morgan fingerprint density at radius 1 is 1.10 bits per heavy atom. The molecule has 0 aliphatic heterocycles. The maximum absolute atomic E-state index is 5.59. The summed E-state index contributed by atoms with van der Waals surface area (Å²) in [7, 11) is 0. The van der Waals surface area contributed by atoms with Gasteiger partial charge in [0.15, 0.2) is 0 Å². The van der Waals surface area contributed by atoms with Gasteiger partial charge in [-0.1, -0.05) is 6.07 Å². The molecule has 0 radical (unpaired) electrons. The summed E-state index contributed by atoms with van der Waals surface area (Å²) < 4.78 is 1.86. The predicted octanol–water partition coefficient (Wildman–Crippen LogP) is 3.22. The van der Waals surface area contributed by atoms with E-state index in [4.69, 9.17) is 5.73 Å². The second-order valence-electron chi connectivity index (χ2n) is 1.64. The second-order valence-corrected chi connectivity index (χ2v) is 3.34. The second kappa shape index (κ2) is 4.21. The van der Waals surface area contributed by atoms with Crippen LogP contribution in [0.25, 0.3) is 0 Å². The van der Waals surface area contributed by atoms with Crippen molar-refractivity contribution < 1.29 is 0 Å². The maximum atomic E-state index is 5.59. The van der Waals surface area contributed by atoms with E-state index in [0.29, 0.717) is 0 Å². The largest absolute Gasteiger partial charge is 0.397 e. The third-order valence-electron chi connectivity index (χ3n) is 1.000. The van der Waals surface area contributed by atoms with E-state index in [2.05, 4.69) is 31.9 Å². The van der Waals surface area contributed by atoms with E-state index in [1.54, 1.807) is 0 Å². The standard InChI is InChI=1S/C6H5Br2N.ClH/c7-4-2-1-3-5(8)6(4)9;/h1-3H,9H2;1H/i1+2,2+2,3+2,4+2,5+2,6+2;. The van der Waals surface area contributed by atoms with Crippen LogP contribution < -0.4 is 5.73 Å². The molecule has 0 amide bonds. The number of hydrogen-bond donors (Lipinski definition) is 1. The number of rotatable bonds is 0. The number of nitrogen functional groups attached to an aromatic ring is 1. The average molecular weight is 299 g/mol. The molecule has 1 aromatic rings. The lowest BCUT2D eigenvalue weighted by atomic mass is 12.2. The van der Waals surface area contributed by atoms with Gasteiger partial charge in [0.1, 0.15) is 0 Å². The van der Waals surface area contributed by atoms with E-state index >= 15 is 0 Å². The van der Waals surface area contributed by atoms with Gasteiger partial charge in [0.05, 0.1) is 5.69 Å². The molecule has 1 nitrogen and oxygen atoms in total. The average Bonchev–Trinajstić information content (AvgIpc) is 1.83. The van der Waals surface area contributed by atoms with Gasteiger partial charge < -0.3 is 5.73 Å². The molecule has 0 aliphatic rings. The Labute approximate surface area is 82.7 Å². The molecule has 0 fully saturated rings. The van der Waals surface area contributed by atoms with Crippen molar-refractivity contribution >= 4 is 50.0 Å². The van der Waals surface area contributed by atoms with Gasteiger partial charge in [-0.2, -0.15) is 0 Å². The van der Waals surface area contributed by atoms with E-state index in [9.17, 15) is 0 Å². The highest BCUT2D eigenvalue weighted by molar-refractivity contribution is 9.11. The molecule has 0 bridgehead atoms. The first-order chi connectivity index (χ1) is 4.22. The maximum Gasteiger partial charge on any atom is 0.0602 e. The minimum Gasteiger partial charge on any atom is -0.397 e. The van der Waals surface area contributed by atoms with Gasteiger partial charge in [0.25, 0.3) is 0 Å². The summed E-state index contributed by atoms with van der Waals surface area (Å²) in [6.45, 7) is 0. The Morgan fingerprint density at radius 2 is 1.50 bits per heavy atom. The smallest absolute Gasteiger partial charge is 0.0602 e. The lowest BCUT2D eigenvalue weighted by Crippen LogP contribution is -1.86. The Morgan fingerprint density at radius 3 is 1.80 bits per heavy atom. The van der Waals surface area contributed by atoms with Crippen LogP contribution in [0, 0.1) is 0 Å². The fourth-order valence-electron chi connectivity index (χ4n) is 0.511. The Kier molecular flexibility index (Phi) is 4.32. The third kappa shape index (κ3) is 2.15. The first kappa shape index (κ1) is 10.3. The van der Waals surface area contributed by atoms with Crippen LogP contribution in [0.5, 0.6) is 0 Å². The number of nitrogens with two attached hydrogens (primary N) is 1. The van der Waals surface area contributed by atoms with Crippen molar-refractivity contribution in [1.29, 1.82) is 0 Å². The van der Waals surface area contributed by atoms with Crippen LogP contribution >= 0.6 is 44.3 Å². The molecule has 0 unspecified atom stereocenters. The van der Waals surface area contributed by atoms with Crippen LogP contribution in [0.4, 0.5) is 5.69 Å². The highest BCUT2D eigenvalue weighted by Gasteiger charge is 1.96. The zero-order chi connectivity index (χ0) is 6.85. The molecule has 0 aliphatic carbocycles. The van der Waals surface area contributed by atoms with Gasteiger partial charge in [-0.05, 0) is 44.0 Å². The summed E-state index contributed by atoms with van der Waals surface area (Å²) >= 11 is 6.58. The summed E-state index contributed by atoms with van der Waals surface area (Å²) in [5.74, 6) is 0. The van der Waals surface area contributed by atoms with E-state index in [-0.39, 0.29) is 12.4 Å². The van der Waals surface area contributed by atoms with Crippen molar-refractivity contribution in [2.45, 2.75) is 0 Å². The van der Waals surface area contributed by atoms with Gasteiger partial charge in [-0.25, -0.2) is 0 Å². The van der Waals surface area contributed by atoms with Gasteiger partial charge >= 0.3 is 0 Å². The molecular formula is C6H6Br2ClN. The van der Waals surface area contributed by atoms with Gasteiger partial charge in [-0.3, -0.25) is 0 Å². The zero-order valence-electron chi connectivity index (χ0n) is 4.97. The van der Waals surface area contributed by atoms with Crippen LogP contribution in [0.2, 0.25) is 0 Å². The zero-order valence-corrected chi connectivity index (χ0v) is 8.96. The summed E-state index contributed by atoms with van der Waals surface area (Å²) in [6.07, 6.45) is 0. The molecular weight excluding hydrogens is 293 g/mol. The number of para-hydroxylation sites is 1. The first-order valence-electron chi connectivity index (χ1n) is 2.41. The van der Waals surface area contributed by atoms with Crippen molar-refractivity contribution in [3.05, 3.63) is 27.1 Å². The van der Waals surface area contributed by atoms with Gasteiger partial charge in [0.2, 0.25) is 0 Å². The lowest BCUT2D eigenvalue weighted by Gasteiger charge is -1.97. The van der Waals surface area contributed by atoms with Crippen molar-refractivity contribution in [2.75, 3.05) is 5.73 Å². The SMILES string of the molecule is Cl.N[14c]1[14c](Br)[14cH][14cH][14cH][14c]1Br. The molecule has 56 valence electrons. The molecule has 0 atom stereocenters. The topological polar surface area (TPSA) is 26.0 Å². The molecule has 2 N–H and O–H groups in total. The van der Waals surface area contributed by atoms with Crippen LogP contribution in [-0.2, 0) is 0 Å². The van der Waals surface area contributed by atoms with E-state index in [0.717, 1.165) is 14.6 Å². The number of hydrogen-bond acceptors (Lipinski definition) is 1. The Hall–Kier alpha value is 0.270. The summed E-state index contributed by atoms with van der Waals surface area (Å²) in [6, 6.07) is 5.73. The monoisotopic (exact) mass is 297 g/mol. The molecule has 10 heavy (non-hydrogen) atoms. The molecule has 0 saturated carbocycles. The molecule has 0 aromatic heterocycles. The Bertz CT molecular complexity index is 207. The number of benzene rings is 1.